The summed E-state index contributed by atoms with van der Waals surface area (Å²) >= 11 is 3.42. The molecule has 1 amide bonds. The van der Waals surface area contributed by atoms with Crippen LogP contribution in [0.2, 0.25) is 0 Å². The molecule has 0 saturated carbocycles. The Morgan fingerprint density at radius 3 is 3.05 bits per heavy atom. The van der Waals surface area contributed by atoms with Crippen LogP contribution in [0.25, 0.3) is 0 Å². The molecule has 2 rings (SSSR count). The minimum absolute atomic E-state index is 0.0555. The van der Waals surface area contributed by atoms with Crippen molar-refractivity contribution in [2.45, 2.75) is 19.1 Å². The van der Waals surface area contributed by atoms with E-state index in [0.29, 0.717) is 13.1 Å². The molecule has 1 aliphatic rings. The normalized spacial score (nSPS) is 20.0. The standard InChI is InChI=1S/C12H17BrN4O2/c1-8(19-11-5-3-2-4-9(11)13)6-14-12(18)10-7-15-17-16-10/h2-5,8,10,15-17H,6-7H2,1H3,(H,14,18). The first-order chi connectivity index (χ1) is 9.16. The Balaban J connectivity index is 1.76. The first-order valence-electron chi connectivity index (χ1n) is 6.09. The molecule has 1 aromatic rings. The predicted octanol–water partition coefficient (Wildman–Crippen LogP) is 0.314. The molecule has 6 nitrogen and oxygen atoms in total. The third kappa shape index (κ3) is 4.17. The summed E-state index contributed by atoms with van der Waals surface area (Å²) in [7, 11) is 0. The second-order valence-electron chi connectivity index (χ2n) is 4.31. The van der Waals surface area contributed by atoms with Crippen LogP contribution in [-0.2, 0) is 4.79 Å². The van der Waals surface area contributed by atoms with Gasteiger partial charge < -0.3 is 10.1 Å². The highest BCUT2D eigenvalue weighted by Crippen LogP contribution is 2.24. The van der Waals surface area contributed by atoms with Gasteiger partial charge in [0.25, 0.3) is 0 Å². The molecule has 1 aliphatic heterocycles. The molecule has 1 fully saturated rings. The van der Waals surface area contributed by atoms with Gasteiger partial charge in [-0.1, -0.05) is 12.1 Å². The van der Waals surface area contributed by atoms with E-state index in [2.05, 4.69) is 37.6 Å². The summed E-state index contributed by atoms with van der Waals surface area (Å²) in [5.74, 6) is 0.714. The quantitative estimate of drug-likeness (QED) is 0.626. The first kappa shape index (κ1) is 14.3. The van der Waals surface area contributed by atoms with E-state index in [9.17, 15) is 4.79 Å². The summed E-state index contributed by atoms with van der Waals surface area (Å²) in [4.78, 5) is 11.8. The highest BCUT2D eigenvalue weighted by molar-refractivity contribution is 9.10. The molecule has 0 spiro atoms. The molecule has 2 unspecified atom stereocenters. The molecule has 104 valence electrons. The van der Waals surface area contributed by atoms with E-state index in [1.165, 1.54) is 0 Å². The van der Waals surface area contributed by atoms with Crippen molar-refractivity contribution in [2.24, 2.45) is 0 Å². The molecular formula is C12H17BrN4O2. The minimum atomic E-state index is -0.254. The summed E-state index contributed by atoms with van der Waals surface area (Å²) in [6.45, 7) is 2.93. The molecule has 0 bridgehead atoms. The maximum Gasteiger partial charge on any atom is 0.240 e. The number of carbonyl (C=O) groups excluding carboxylic acids is 1. The summed E-state index contributed by atoms with van der Waals surface area (Å²) in [6, 6.07) is 7.38. The molecule has 0 aromatic heterocycles. The molecule has 1 aromatic carbocycles. The van der Waals surface area contributed by atoms with Crippen LogP contribution in [-0.4, -0.2) is 31.1 Å². The third-order valence-electron chi connectivity index (χ3n) is 2.69. The number of carbonyl (C=O) groups is 1. The van der Waals surface area contributed by atoms with Crippen LogP contribution in [0, 0.1) is 0 Å². The number of halogens is 1. The second kappa shape index (κ2) is 6.85. The largest absolute Gasteiger partial charge is 0.488 e. The van der Waals surface area contributed by atoms with Crippen LogP contribution in [0.3, 0.4) is 0 Å². The maximum atomic E-state index is 11.8. The Kier molecular flexibility index (Phi) is 5.15. The van der Waals surface area contributed by atoms with Gasteiger partial charge in [0, 0.05) is 6.54 Å². The topological polar surface area (TPSA) is 74.4 Å². The third-order valence-corrected chi connectivity index (χ3v) is 3.34. The van der Waals surface area contributed by atoms with E-state index in [4.69, 9.17) is 4.74 Å². The van der Waals surface area contributed by atoms with Crippen molar-refractivity contribution in [3.63, 3.8) is 0 Å². The van der Waals surface area contributed by atoms with Crippen molar-refractivity contribution in [1.82, 2.24) is 21.7 Å². The Hall–Kier alpha value is -1.15. The van der Waals surface area contributed by atoms with E-state index in [1.54, 1.807) is 0 Å². The Morgan fingerprint density at radius 1 is 1.58 bits per heavy atom. The van der Waals surface area contributed by atoms with Crippen LogP contribution in [0.4, 0.5) is 0 Å². The van der Waals surface area contributed by atoms with Crippen molar-refractivity contribution in [3.8, 4) is 5.75 Å². The molecule has 2 atom stereocenters. The fraction of sp³-hybridized carbons (Fsp3) is 0.417. The van der Waals surface area contributed by atoms with Crippen LogP contribution >= 0.6 is 15.9 Å². The van der Waals surface area contributed by atoms with Crippen LogP contribution in [0.15, 0.2) is 28.7 Å². The van der Waals surface area contributed by atoms with Crippen molar-refractivity contribution in [2.75, 3.05) is 13.1 Å². The van der Waals surface area contributed by atoms with Crippen LogP contribution < -0.4 is 26.4 Å². The Bertz CT molecular complexity index is 437. The van der Waals surface area contributed by atoms with E-state index in [1.807, 2.05) is 31.2 Å². The lowest BCUT2D eigenvalue weighted by molar-refractivity contribution is -0.122. The molecule has 1 saturated heterocycles. The summed E-state index contributed by atoms with van der Waals surface area (Å²) < 4.78 is 6.65. The number of amides is 1. The SMILES string of the molecule is CC(CNC(=O)C1CNNN1)Oc1ccccc1Br. The Morgan fingerprint density at radius 2 is 2.37 bits per heavy atom. The lowest BCUT2D eigenvalue weighted by atomic mass is 10.3. The molecular weight excluding hydrogens is 312 g/mol. The number of ether oxygens (including phenoxy) is 1. The van der Waals surface area contributed by atoms with E-state index >= 15 is 0 Å². The molecule has 4 N–H and O–H groups in total. The van der Waals surface area contributed by atoms with Crippen LogP contribution in [0.1, 0.15) is 6.92 Å². The molecule has 7 heteroatoms. The summed E-state index contributed by atoms with van der Waals surface area (Å²) in [5, 5.41) is 2.84. The summed E-state index contributed by atoms with van der Waals surface area (Å²) in [5.41, 5.74) is 8.34. The van der Waals surface area contributed by atoms with Crippen molar-refractivity contribution < 1.29 is 9.53 Å². The molecule has 0 radical (unpaired) electrons. The fourth-order valence-corrected chi connectivity index (χ4v) is 2.04. The zero-order valence-electron chi connectivity index (χ0n) is 10.6. The Labute approximate surface area is 120 Å². The van der Waals surface area contributed by atoms with Crippen LogP contribution in [0.5, 0.6) is 5.75 Å². The number of nitrogens with one attached hydrogen (secondary N) is 4. The lowest BCUT2D eigenvalue weighted by Crippen LogP contribution is -2.46. The number of rotatable bonds is 5. The average molecular weight is 329 g/mol. The molecule has 1 heterocycles. The van der Waals surface area contributed by atoms with Gasteiger partial charge >= 0.3 is 0 Å². The average Bonchev–Trinajstić information content (AvgIpc) is 2.93. The van der Waals surface area contributed by atoms with Gasteiger partial charge in [-0.3, -0.25) is 4.79 Å². The van der Waals surface area contributed by atoms with Gasteiger partial charge in [-0.15, -0.1) is 0 Å². The number of para-hydroxylation sites is 1. The minimum Gasteiger partial charge on any atom is -0.488 e. The van der Waals surface area contributed by atoms with Gasteiger partial charge in [-0.25, -0.2) is 10.9 Å². The number of hydrogen-bond donors (Lipinski definition) is 4. The smallest absolute Gasteiger partial charge is 0.240 e. The van der Waals surface area contributed by atoms with Gasteiger partial charge in [0.15, 0.2) is 0 Å². The summed E-state index contributed by atoms with van der Waals surface area (Å²) in [6.07, 6.45) is -0.107. The van der Waals surface area contributed by atoms with Gasteiger partial charge in [0.1, 0.15) is 17.9 Å². The lowest BCUT2D eigenvalue weighted by Gasteiger charge is -2.17. The molecule has 0 aliphatic carbocycles. The van der Waals surface area contributed by atoms with E-state index in [-0.39, 0.29) is 18.1 Å². The predicted molar refractivity (Wildman–Crippen MR) is 75.3 cm³/mol. The highest BCUT2D eigenvalue weighted by atomic mass is 79.9. The van der Waals surface area contributed by atoms with Crippen molar-refractivity contribution >= 4 is 21.8 Å². The van der Waals surface area contributed by atoms with Gasteiger partial charge in [0.05, 0.1) is 11.0 Å². The van der Waals surface area contributed by atoms with E-state index < -0.39 is 0 Å². The monoisotopic (exact) mass is 328 g/mol. The van der Waals surface area contributed by atoms with Crippen molar-refractivity contribution in [3.05, 3.63) is 28.7 Å². The zero-order valence-corrected chi connectivity index (χ0v) is 12.2. The highest BCUT2D eigenvalue weighted by Gasteiger charge is 2.21. The first-order valence-corrected chi connectivity index (χ1v) is 6.88. The maximum absolute atomic E-state index is 11.8. The van der Waals surface area contributed by atoms with Gasteiger partial charge in [-0.05, 0) is 35.0 Å². The number of hydrogen-bond acceptors (Lipinski definition) is 5. The number of benzene rings is 1. The zero-order chi connectivity index (χ0) is 13.7. The van der Waals surface area contributed by atoms with Gasteiger partial charge in [-0.2, -0.15) is 5.53 Å². The molecule has 19 heavy (non-hydrogen) atoms. The van der Waals surface area contributed by atoms with E-state index in [0.717, 1.165) is 10.2 Å². The van der Waals surface area contributed by atoms with Crippen molar-refractivity contribution in [1.29, 1.82) is 0 Å². The number of hydrazine groups is 2. The fourth-order valence-electron chi connectivity index (χ4n) is 1.67. The second-order valence-corrected chi connectivity index (χ2v) is 5.16. The van der Waals surface area contributed by atoms with Gasteiger partial charge in [0.2, 0.25) is 5.91 Å².